The average Bonchev–Trinajstić information content (AvgIpc) is 3.49. The Kier molecular flexibility index (Phi) is 4.74. The van der Waals surface area contributed by atoms with Crippen LogP contribution in [0.25, 0.3) is 0 Å². The monoisotopic (exact) mass is 385 g/mol. The van der Waals surface area contributed by atoms with Crippen LogP contribution in [-0.2, 0) is 21.2 Å². The van der Waals surface area contributed by atoms with Gasteiger partial charge in [0.2, 0.25) is 15.9 Å². The molecule has 4 rings (SSSR count). The fraction of sp³-hybridized carbons (Fsp3) is 0.400. The van der Waals surface area contributed by atoms with Crippen molar-refractivity contribution in [3.8, 4) is 0 Å². The number of benzene rings is 1. The number of pyridine rings is 1. The molecular weight excluding hydrogens is 362 g/mol. The molecule has 0 radical (unpaired) electrons. The van der Waals surface area contributed by atoms with Crippen molar-refractivity contribution in [3.05, 3.63) is 60.4 Å². The van der Waals surface area contributed by atoms with E-state index in [9.17, 15) is 13.2 Å². The van der Waals surface area contributed by atoms with E-state index < -0.39 is 10.0 Å². The van der Waals surface area contributed by atoms with E-state index in [1.165, 1.54) is 16.1 Å². The van der Waals surface area contributed by atoms with Crippen molar-refractivity contribution in [1.29, 1.82) is 0 Å². The number of sulfonamides is 1. The largest absolute Gasteiger partial charge is 0.340 e. The van der Waals surface area contributed by atoms with Gasteiger partial charge in [-0.2, -0.15) is 4.31 Å². The molecule has 0 unspecified atom stereocenters. The van der Waals surface area contributed by atoms with Crippen LogP contribution >= 0.6 is 0 Å². The molecule has 0 atom stereocenters. The van der Waals surface area contributed by atoms with Crippen LogP contribution in [0.4, 0.5) is 0 Å². The summed E-state index contributed by atoms with van der Waals surface area (Å²) in [6, 6.07) is 13.3. The summed E-state index contributed by atoms with van der Waals surface area (Å²) in [7, 11) is -3.55. The first kappa shape index (κ1) is 18.1. The van der Waals surface area contributed by atoms with E-state index in [0.717, 1.165) is 19.3 Å². The number of hydrogen-bond donors (Lipinski definition) is 0. The molecule has 6 nitrogen and oxygen atoms in total. The third kappa shape index (κ3) is 3.61. The Hall–Kier alpha value is -2.25. The normalized spacial score (nSPS) is 19.6. The highest BCUT2D eigenvalue weighted by Gasteiger charge is 2.51. The molecule has 142 valence electrons. The number of aromatic nitrogens is 1. The number of carbonyl (C=O) groups excluding carboxylic acids is 1. The molecule has 27 heavy (non-hydrogen) atoms. The molecule has 2 heterocycles. The van der Waals surface area contributed by atoms with Gasteiger partial charge in [-0.05, 0) is 37.0 Å². The van der Waals surface area contributed by atoms with Gasteiger partial charge >= 0.3 is 0 Å². The van der Waals surface area contributed by atoms with E-state index in [2.05, 4.69) is 17.1 Å². The third-order valence-corrected chi connectivity index (χ3v) is 7.37. The highest BCUT2D eigenvalue weighted by atomic mass is 32.2. The maximum Gasteiger partial charge on any atom is 0.244 e. The number of amides is 1. The Labute approximate surface area is 159 Å². The summed E-state index contributed by atoms with van der Waals surface area (Å²) < 4.78 is 26.8. The quantitative estimate of drug-likeness (QED) is 0.789. The summed E-state index contributed by atoms with van der Waals surface area (Å²) in [5, 5.41) is 0. The van der Waals surface area contributed by atoms with Gasteiger partial charge in [0.1, 0.15) is 4.90 Å². The van der Waals surface area contributed by atoms with E-state index in [0.29, 0.717) is 26.2 Å². The van der Waals surface area contributed by atoms with Crippen LogP contribution in [-0.4, -0.2) is 54.7 Å². The minimum atomic E-state index is -3.55. The first-order chi connectivity index (χ1) is 13.0. The van der Waals surface area contributed by atoms with Crippen LogP contribution in [0.1, 0.15) is 18.4 Å². The number of hydrogen-bond acceptors (Lipinski definition) is 4. The summed E-state index contributed by atoms with van der Waals surface area (Å²) in [4.78, 5) is 19.0. The van der Waals surface area contributed by atoms with Gasteiger partial charge in [0, 0.05) is 38.6 Å². The molecule has 1 aromatic carbocycles. The second-order valence-corrected chi connectivity index (χ2v) is 9.27. The Morgan fingerprint density at radius 1 is 1.00 bits per heavy atom. The predicted molar refractivity (Wildman–Crippen MR) is 101 cm³/mol. The van der Waals surface area contributed by atoms with Crippen LogP contribution in [0, 0.1) is 5.41 Å². The fourth-order valence-electron chi connectivity index (χ4n) is 3.72. The maximum atomic E-state index is 13.1. The smallest absolute Gasteiger partial charge is 0.244 e. The van der Waals surface area contributed by atoms with Gasteiger partial charge in [0.05, 0.1) is 5.41 Å². The van der Waals surface area contributed by atoms with Gasteiger partial charge in [0.25, 0.3) is 0 Å². The second-order valence-electron chi connectivity index (χ2n) is 7.33. The van der Waals surface area contributed by atoms with Crippen LogP contribution in [0.2, 0.25) is 0 Å². The second kappa shape index (κ2) is 7.05. The van der Waals surface area contributed by atoms with Gasteiger partial charge in [-0.25, -0.2) is 8.42 Å². The molecule has 1 saturated heterocycles. The molecule has 0 N–H and O–H groups in total. The molecule has 1 amide bonds. The highest BCUT2D eigenvalue weighted by Crippen LogP contribution is 2.50. The zero-order valence-corrected chi connectivity index (χ0v) is 15.9. The van der Waals surface area contributed by atoms with Crippen molar-refractivity contribution in [3.63, 3.8) is 0 Å². The Bertz CT molecular complexity index is 904. The maximum absolute atomic E-state index is 13.1. The first-order valence-electron chi connectivity index (χ1n) is 9.25. The highest BCUT2D eigenvalue weighted by molar-refractivity contribution is 7.89. The van der Waals surface area contributed by atoms with E-state index in [-0.39, 0.29) is 16.2 Å². The lowest BCUT2D eigenvalue weighted by molar-refractivity contribution is -0.138. The van der Waals surface area contributed by atoms with Crippen LogP contribution < -0.4 is 0 Å². The van der Waals surface area contributed by atoms with Gasteiger partial charge in [0.15, 0.2) is 0 Å². The van der Waals surface area contributed by atoms with Gasteiger partial charge in [-0.15, -0.1) is 0 Å². The standard InChI is InChI=1S/C20H23N3O3S/c24-19(20(8-9-20)15-17-5-2-1-3-6-17)22-11-13-23(14-12-22)27(25,26)18-7-4-10-21-16-18/h1-7,10,16H,8-9,11-15H2. The van der Waals surface area contributed by atoms with Crippen molar-refractivity contribution in [2.24, 2.45) is 5.41 Å². The van der Waals surface area contributed by atoms with Crippen molar-refractivity contribution < 1.29 is 13.2 Å². The minimum absolute atomic E-state index is 0.171. The summed E-state index contributed by atoms with van der Waals surface area (Å²) in [6.45, 7) is 1.53. The Morgan fingerprint density at radius 2 is 1.70 bits per heavy atom. The SMILES string of the molecule is O=C(N1CCN(S(=O)(=O)c2cccnc2)CC1)C1(Cc2ccccc2)CC1. The van der Waals surface area contributed by atoms with Crippen molar-refractivity contribution in [2.45, 2.75) is 24.2 Å². The molecule has 1 aliphatic heterocycles. The topological polar surface area (TPSA) is 70.6 Å². The number of nitrogens with zero attached hydrogens (tertiary/aromatic N) is 3. The van der Waals surface area contributed by atoms with E-state index in [4.69, 9.17) is 0 Å². The van der Waals surface area contributed by atoms with Crippen molar-refractivity contribution >= 4 is 15.9 Å². The van der Waals surface area contributed by atoms with Crippen LogP contribution in [0.3, 0.4) is 0 Å². The molecule has 2 aromatic rings. The van der Waals surface area contributed by atoms with Crippen LogP contribution in [0.5, 0.6) is 0 Å². The van der Waals surface area contributed by atoms with Gasteiger partial charge < -0.3 is 4.90 Å². The molecule has 7 heteroatoms. The molecule has 0 bridgehead atoms. The molecule has 2 fully saturated rings. The lowest BCUT2D eigenvalue weighted by Crippen LogP contribution is -2.52. The average molecular weight is 385 g/mol. The number of piperazine rings is 1. The van der Waals surface area contributed by atoms with Gasteiger partial charge in [-0.3, -0.25) is 9.78 Å². The van der Waals surface area contributed by atoms with E-state index in [1.807, 2.05) is 23.1 Å². The van der Waals surface area contributed by atoms with Crippen LogP contribution in [0.15, 0.2) is 59.8 Å². The van der Waals surface area contributed by atoms with E-state index in [1.54, 1.807) is 18.3 Å². The lowest BCUT2D eigenvalue weighted by Gasteiger charge is -2.36. The summed E-state index contributed by atoms with van der Waals surface area (Å²) in [6.07, 6.45) is 5.51. The molecule has 1 aromatic heterocycles. The third-order valence-electron chi connectivity index (χ3n) is 5.49. The molecule has 2 aliphatic rings. The summed E-state index contributed by atoms with van der Waals surface area (Å²) in [5.41, 5.74) is 0.896. The Morgan fingerprint density at radius 3 is 2.30 bits per heavy atom. The fourth-order valence-corrected chi connectivity index (χ4v) is 5.11. The Balaban J connectivity index is 1.40. The van der Waals surface area contributed by atoms with Crippen molar-refractivity contribution in [1.82, 2.24) is 14.2 Å². The number of carbonyl (C=O) groups is 1. The molecular formula is C20H23N3O3S. The first-order valence-corrected chi connectivity index (χ1v) is 10.7. The minimum Gasteiger partial charge on any atom is -0.340 e. The van der Waals surface area contributed by atoms with E-state index >= 15 is 0 Å². The summed E-state index contributed by atoms with van der Waals surface area (Å²) in [5.74, 6) is 0.171. The zero-order valence-electron chi connectivity index (χ0n) is 15.1. The predicted octanol–water partition coefficient (Wildman–Crippen LogP) is 1.94. The molecule has 0 spiro atoms. The number of rotatable bonds is 5. The van der Waals surface area contributed by atoms with Gasteiger partial charge in [-0.1, -0.05) is 30.3 Å². The lowest BCUT2D eigenvalue weighted by atomic mass is 9.94. The zero-order chi connectivity index (χ0) is 18.9. The molecule has 1 aliphatic carbocycles. The molecule has 1 saturated carbocycles. The summed E-state index contributed by atoms with van der Waals surface area (Å²) >= 11 is 0. The van der Waals surface area contributed by atoms with Crippen molar-refractivity contribution in [2.75, 3.05) is 26.2 Å².